The molecule has 3 saturated heterocycles. The topological polar surface area (TPSA) is 177 Å². The summed E-state index contributed by atoms with van der Waals surface area (Å²) in [6, 6.07) is 10.6. The van der Waals surface area contributed by atoms with Crippen molar-refractivity contribution in [3.8, 4) is 5.75 Å². The quantitative estimate of drug-likeness (QED) is 0.301. The lowest BCUT2D eigenvalue weighted by Gasteiger charge is -2.32. The van der Waals surface area contributed by atoms with E-state index in [-0.39, 0.29) is 31.1 Å². The molecule has 3 aliphatic rings. The summed E-state index contributed by atoms with van der Waals surface area (Å²) in [5, 5.41) is 21.0. The van der Waals surface area contributed by atoms with Crippen LogP contribution in [-0.2, 0) is 41.6 Å². The second kappa shape index (κ2) is 16.0. The van der Waals surface area contributed by atoms with Gasteiger partial charge in [-0.25, -0.2) is 0 Å². The third kappa shape index (κ3) is 8.95. The Kier molecular flexibility index (Phi) is 11.5. The van der Waals surface area contributed by atoms with Gasteiger partial charge < -0.3 is 36.2 Å². The smallest absolute Gasteiger partial charge is 0.246 e. The van der Waals surface area contributed by atoms with E-state index in [1.165, 1.54) is 21.9 Å². The van der Waals surface area contributed by atoms with E-state index in [1.54, 1.807) is 12.1 Å². The van der Waals surface area contributed by atoms with E-state index in [0.29, 0.717) is 44.2 Å². The maximum atomic E-state index is 14.1. The number of rotatable bonds is 6. The van der Waals surface area contributed by atoms with Crippen LogP contribution in [0.15, 0.2) is 54.6 Å². The number of amides is 6. The Morgan fingerprint density at radius 3 is 1.86 bits per heavy atom. The van der Waals surface area contributed by atoms with Gasteiger partial charge in [-0.3, -0.25) is 28.8 Å². The minimum Gasteiger partial charge on any atom is -0.508 e. The van der Waals surface area contributed by atoms with Gasteiger partial charge in [-0.05, 0) is 61.3 Å². The van der Waals surface area contributed by atoms with Gasteiger partial charge in [-0.2, -0.15) is 0 Å². The summed E-state index contributed by atoms with van der Waals surface area (Å²) in [7, 11) is 0. The monoisotopic (exact) mass is 674 g/mol. The third-order valence-electron chi connectivity index (χ3n) is 9.35. The molecular formula is C36H46N6O7. The molecule has 262 valence electrons. The molecule has 5 rings (SSSR count). The second-order valence-electron chi connectivity index (χ2n) is 13.5. The predicted molar refractivity (Wildman–Crippen MR) is 180 cm³/mol. The summed E-state index contributed by atoms with van der Waals surface area (Å²) < 4.78 is 0. The average molecular weight is 675 g/mol. The minimum atomic E-state index is -1.12. The molecule has 5 N–H and O–H groups in total. The summed E-state index contributed by atoms with van der Waals surface area (Å²) >= 11 is 0. The Labute approximate surface area is 286 Å². The van der Waals surface area contributed by atoms with E-state index in [4.69, 9.17) is 0 Å². The normalized spacial score (nSPS) is 25.9. The molecule has 0 aliphatic carbocycles. The molecule has 0 aromatic heterocycles. The number of benzene rings is 2. The molecule has 0 bridgehead atoms. The molecule has 0 unspecified atom stereocenters. The van der Waals surface area contributed by atoms with Gasteiger partial charge in [0.2, 0.25) is 35.4 Å². The molecule has 13 heteroatoms. The van der Waals surface area contributed by atoms with E-state index in [0.717, 1.165) is 5.56 Å². The van der Waals surface area contributed by atoms with Crippen LogP contribution in [0.4, 0.5) is 0 Å². The molecule has 3 fully saturated rings. The molecule has 5 atom stereocenters. The lowest BCUT2D eigenvalue weighted by molar-refractivity contribution is -0.144. The minimum absolute atomic E-state index is 0.0118. The summed E-state index contributed by atoms with van der Waals surface area (Å²) in [5.74, 6) is -2.94. The van der Waals surface area contributed by atoms with Gasteiger partial charge in [0, 0.05) is 25.9 Å². The zero-order valence-corrected chi connectivity index (χ0v) is 28.0. The zero-order valence-electron chi connectivity index (χ0n) is 28.0. The van der Waals surface area contributed by atoms with Crippen molar-refractivity contribution in [3.05, 3.63) is 65.7 Å². The van der Waals surface area contributed by atoms with E-state index in [9.17, 15) is 33.9 Å². The van der Waals surface area contributed by atoms with E-state index in [1.807, 2.05) is 44.2 Å². The highest BCUT2D eigenvalue weighted by Crippen LogP contribution is 2.23. The number of phenolic OH excluding ortho intramolecular Hbond substituents is 1. The van der Waals surface area contributed by atoms with Crippen molar-refractivity contribution < 1.29 is 33.9 Å². The molecule has 3 aliphatic heterocycles. The lowest BCUT2D eigenvalue weighted by Crippen LogP contribution is -2.60. The van der Waals surface area contributed by atoms with Crippen LogP contribution in [0.5, 0.6) is 5.75 Å². The van der Waals surface area contributed by atoms with Crippen molar-refractivity contribution in [1.82, 2.24) is 31.1 Å². The fourth-order valence-corrected chi connectivity index (χ4v) is 6.90. The van der Waals surface area contributed by atoms with Crippen LogP contribution >= 0.6 is 0 Å². The van der Waals surface area contributed by atoms with E-state index >= 15 is 0 Å². The molecule has 49 heavy (non-hydrogen) atoms. The first-order chi connectivity index (χ1) is 23.5. The number of aromatic hydroxyl groups is 1. The van der Waals surface area contributed by atoms with Crippen LogP contribution in [0.25, 0.3) is 0 Å². The van der Waals surface area contributed by atoms with Crippen LogP contribution in [0.3, 0.4) is 0 Å². The molecule has 2 aromatic carbocycles. The number of phenols is 1. The van der Waals surface area contributed by atoms with Crippen molar-refractivity contribution in [2.45, 2.75) is 89.0 Å². The average Bonchev–Trinajstić information content (AvgIpc) is 3.77. The Bertz CT molecular complexity index is 1530. The van der Waals surface area contributed by atoms with Gasteiger partial charge in [-0.15, -0.1) is 0 Å². The number of fused-ring (bicyclic) bond motifs is 2. The molecule has 0 saturated carbocycles. The number of hydrogen-bond donors (Lipinski definition) is 5. The third-order valence-corrected chi connectivity index (χ3v) is 9.35. The molecular weight excluding hydrogens is 628 g/mol. The maximum absolute atomic E-state index is 14.1. The highest BCUT2D eigenvalue weighted by molar-refractivity contribution is 5.98. The summed E-state index contributed by atoms with van der Waals surface area (Å²) in [4.78, 5) is 85.5. The predicted octanol–water partition coefficient (Wildman–Crippen LogP) is 0.790. The lowest BCUT2D eigenvalue weighted by atomic mass is 10.00. The Hall–Kier alpha value is -4.94. The van der Waals surface area contributed by atoms with Gasteiger partial charge in [0.1, 0.15) is 36.0 Å². The highest BCUT2D eigenvalue weighted by atomic mass is 16.3. The first kappa shape index (κ1) is 35.4. The van der Waals surface area contributed by atoms with Crippen molar-refractivity contribution >= 4 is 35.4 Å². The summed E-state index contributed by atoms with van der Waals surface area (Å²) in [6.45, 7) is 4.04. The van der Waals surface area contributed by atoms with Crippen LogP contribution in [-0.4, -0.2) is 100 Å². The number of nitrogens with one attached hydrogen (secondary N) is 4. The van der Waals surface area contributed by atoms with Crippen LogP contribution < -0.4 is 21.3 Å². The number of carbonyl (C=O) groups excluding carboxylic acids is 6. The Balaban J connectivity index is 1.49. The van der Waals surface area contributed by atoms with Gasteiger partial charge in [0.05, 0.1) is 6.54 Å². The number of hydrogen-bond acceptors (Lipinski definition) is 7. The Morgan fingerprint density at radius 2 is 1.22 bits per heavy atom. The van der Waals surface area contributed by atoms with Gasteiger partial charge in [0.25, 0.3) is 0 Å². The molecule has 13 nitrogen and oxygen atoms in total. The van der Waals surface area contributed by atoms with E-state index in [2.05, 4.69) is 21.3 Å². The van der Waals surface area contributed by atoms with Crippen molar-refractivity contribution in [2.24, 2.45) is 5.92 Å². The first-order valence-electron chi connectivity index (χ1n) is 17.1. The van der Waals surface area contributed by atoms with Crippen molar-refractivity contribution in [2.75, 3.05) is 19.6 Å². The maximum Gasteiger partial charge on any atom is 0.246 e. The van der Waals surface area contributed by atoms with Gasteiger partial charge in [0.15, 0.2) is 0 Å². The fraction of sp³-hybridized carbons (Fsp3) is 0.500. The van der Waals surface area contributed by atoms with Crippen LogP contribution in [0, 0.1) is 5.92 Å². The number of nitrogens with zero attached hydrogens (tertiary/aromatic N) is 2. The second-order valence-corrected chi connectivity index (χ2v) is 13.5. The standard InChI is InChI=1S/C36H46N6O7/c1-22(2)18-27-35(48)41-16-6-10-29(41)33(46)37-21-31(44)38-28(20-23-8-4-3-5-9-23)36(49)42-17-7-11-30(42)34(47)39-26(32(45)40-27)19-24-12-14-25(43)15-13-24/h3-5,8-9,12-15,22,26-30,43H,6-7,10-11,16-21H2,1-2H3,(H,37,46)(H,38,44)(H,39,47)(H,40,45)/t26-,27-,28-,29-,30-/m0/s1. The van der Waals surface area contributed by atoms with Crippen LogP contribution in [0.2, 0.25) is 0 Å². The van der Waals surface area contributed by atoms with Crippen molar-refractivity contribution in [3.63, 3.8) is 0 Å². The highest BCUT2D eigenvalue weighted by Gasteiger charge is 2.41. The SMILES string of the molecule is CC(C)C[C@@H]1NC(=O)[C@H](Cc2ccc(O)cc2)NC(=O)[C@@H]2CCCN2C(=O)[C@H](Cc2ccccc2)NC(=O)CNC(=O)[C@@H]2CCCN2C1=O. The Morgan fingerprint density at radius 1 is 0.673 bits per heavy atom. The summed E-state index contributed by atoms with van der Waals surface area (Å²) in [6.07, 6.45) is 2.39. The van der Waals surface area contributed by atoms with Gasteiger partial charge >= 0.3 is 0 Å². The molecule has 3 heterocycles. The molecule has 2 aromatic rings. The number of carbonyl (C=O) groups is 6. The van der Waals surface area contributed by atoms with Gasteiger partial charge in [-0.1, -0.05) is 56.3 Å². The molecule has 6 amide bonds. The zero-order chi connectivity index (χ0) is 35.1. The molecule has 0 spiro atoms. The van der Waals surface area contributed by atoms with E-state index < -0.39 is 72.2 Å². The molecule has 0 radical (unpaired) electrons. The van der Waals surface area contributed by atoms with Crippen molar-refractivity contribution in [1.29, 1.82) is 0 Å². The largest absolute Gasteiger partial charge is 0.508 e. The summed E-state index contributed by atoms with van der Waals surface area (Å²) in [5.41, 5.74) is 1.46. The first-order valence-corrected chi connectivity index (χ1v) is 17.1. The van der Waals surface area contributed by atoms with Crippen LogP contribution in [0.1, 0.15) is 57.1 Å². The fourth-order valence-electron chi connectivity index (χ4n) is 6.90.